The summed E-state index contributed by atoms with van der Waals surface area (Å²) in [7, 11) is 0. The van der Waals surface area contributed by atoms with Crippen LogP contribution in [0.5, 0.6) is 0 Å². The lowest BCUT2D eigenvalue weighted by Crippen LogP contribution is -2.37. The molecule has 0 aromatic heterocycles. The van der Waals surface area contributed by atoms with E-state index in [9.17, 15) is 0 Å². The standard InChI is InChI=1S/C6H8O.C2H6/c1-3-6(2)4-7-5-6;1-2/h1H,4-5H2,2H3;1-2H3. The van der Waals surface area contributed by atoms with E-state index in [4.69, 9.17) is 11.2 Å². The average molecular weight is 126 g/mol. The Morgan fingerprint density at radius 2 is 1.89 bits per heavy atom. The summed E-state index contributed by atoms with van der Waals surface area (Å²) in [5.74, 6) is 2.65. The van der Waals surface area contributed by atoms with Crippen LogP contribution in [0.1, 0.15) is 20.8 Å². The molecular formula is C8H14O. The molecule has 0 aliphatic carbocycles. The highest BCUT2D eigenvalue weighted by molar-refractivity contribution is 5.06. The molecule has 0 radical (unpaired) electrons. The quantitative estimate of drug-likeness (QED) is 0.449. The van der Waals surface area contributed by atoms with Crippen molar-refractivity contribution >= 4 is 0 Å². The van der Waals surface area contributed by atoms with Gasteiger partial charge in [-0.05, 0) is 6.92 Å². The Morgan fingerprint density at radius 3 is 1.89 bits per heavy atom. The molecule has 0 bridgehead atoms. The Balaban J connectivity index is 0.000000291. The van der Waals surface area contributed by atoms with Crippen molar-refractivity contribution in [3.05, 3.63) is 0 Å². The third kappa shape index (κ3) is 2.07. The Morgan fingerprint density at radius 1 is 1.44 bits per heavy atom. The first-order chi connectivity index (χ1) is 4.27. The second-order valence-electron chi connectivity index (χ2n) is 2.20. The number of hydrogen-bond acceptors (Lipinski definition) is 1. The number of rotatable bonds is 0. The molecule has 1 aliphatic rings. The number of terminal acetylenes is 1. The lowest BCUT2D eigenvalue weighted by atomic mass is 9.90. The van der Waals surface area contributed by atoms with Gasteiger partial charge in [0, 0.05) is 0 Å². The van der Waals surface area contributed by atoms with Gasteiger partial charge in [0.25, 0.3) is 0 Å². The largest absolute Gasteiger partial charge is 0.378 e. The van der Waals surface area contributed by atoms with Crippen molar-refractivity contribution in [1.29, 1.82) is 0 Å². The van der Waals surface area contributed by atoms with Gasteiger partial charge in [-0.2, -0.15) is 0 Å². The first kappa shape index (κ1) is 8.52. The van der Waals surface area contributed by atoms with Gasteiger partial charge in [0.05, 0.1) is 18.6 Å². The van der Waals surface area contributed by atoms with Gasteiger partial charge < -0.3 is 4.74 Å². The molecule has 0 aromatic carbocycles. The molecule has 9 heavy (non-hydrogen) atoms. The summed E-state index contributed by atoms with van der Waals surface area (Å²) in [6.45, 7) is 7.50. The molecule has 52 valence electrons. The zero-order valence-electron chi connectivity index (χ0n) is 6.40. The fourth-order valence-corrected chi connectivity index (χ4v) is 0.492. The molecule has 1 heteroatoms. The number of hydrogen-bond donors (Lipinski definition) is 0. The van der Waals surface area contributed by atoms with Crippen LogP contribution in [0.2, 0.25) is 0 Å². The highest BCUT2D eigenvalue weighted by Gasteiger charge is 2.30. The Bertz CT molecular complexity index is 106. The summed E-state index contributed by atoms with van der Waals surface area (Å²) in [6.07, 6.45) is 5.14. The van der Waals surface area contributed by atoms with E-state index in [1.54, 1.807) is 0 Å². The van der Waals surface area contributed by atoms with E-state index in [2.05, 4.69) is 5.92 Å². The predicted molar refractivity (Wildman–Crippen MR) is 39.1 cm³/mol. The SMILES string of the molecule is C#CC1(C)COC1.CC. The van der Waals surface area contributed by atoms with E-state index in [0.717, 1.165) is 13.2 Å². The second-order valence-corrected chi connectivity index (χ2v) is 2.20. The van der Waals surface area contributed by atoms with Crippen LogP contribution >= 0.6 is 0 Å². The molecule has 0 saturated carbocycles. The second kappa shape index (κ2) is 3.53. The molecular weight excluding hydrogens is 112 g/mol. The van der Waals surface area contributed by atoms with E-state index in [1.807, 2.05) is 20.8 Å². The zero-order chi connectivity index (χ0) is 7.33. The summed E-state index contributed by atoms with van der Waals surface area (Å²) >= 11 is 0. The fourth-order valence-electron chi connectivity index (χ4n) is 0.492. The summed E-state index contributed by atoms with van der Waals surface area (Å²) in [5.41, 5.74) is 0.0694. The zero-order valence-corrected chi connectivity index (χ0v) is 6.40. The summed E-state index contributed by atoms with van der Waals surface area (Å²) in [5, 5.41) is 0. The third-order valence-electron chi connectivity index (χ3n) is 1.19. The first-order valence-electron chi connectivity index (χ1n) is 3.32. The molecule has 1 rings (SSSR count). The topological polar surface area (TPSA) is 9.23 Å². The van der Waals surface area contributed by atoms with Crippen LogP contribution in [0.15, 0.2) is 0 Å². The van der Waals surface area contributed by atoms with Crippen molar-refractivity contribution in [2.24, 2.45) is 5.41 Å². The van der Waals surface area contributed by atoms with Crippen molar-refractivity contribution in [3.8, 4) is 12.3 Å². The highest BCUT2D eigenvalue weighted by atomic mass is 16.5. The van der Waals surface area contributed by atoms with Gasteiger partial charge in [0.15, 0.2) is 0 Å². The summed E-state index contributed by atoms with van der Waals surface area (Å²) in [6, 6.07) is 0. The Labute approximate surface area is 57.4 Å². The van der Waals surface area contributed by atoms with Crippen molar-refractivity contribution in [1.82, 2.24) is 0 Å². The van der Waals surface area contributed by atoms with Gasteiger partial charge in [-0.25, -0.2) is 0 Å². The smallest absolute Gasteiger partial charge is 0.0749 e. The lowest BCUT2D eigenvalue weighted by Gasteiger charge is -2.32. The maximum atomic E-state index is 5.14. The van der Waals surface area contributed by atoms with Crippen LogP contribution in [0.4, 0.5) is 0 Å². The molecule has 1 nitrogen and oxygen atoms in total. The van der Waals surface area contributed by atoms with E-state index < -0.39 is 0 Å². The molecule has 1 heterocycles. The summed E-state index contributed by atoms with van der Waals surface area (Å²) < 4.78 is 4.89. The molecule has 0 unspecified atom stereocenters. The average Bonchev–Trinajstić information content (AvgIpc) is 1.88. The van der Waals surface area contributed by atoms with Crippen LogP contribution in [0.3, 0.4) is 0 Å². The Kier molecular flexibility index (Phi) is 3.34. The molecule has 1 aliphatic heterocycles. The minimum Gasteiger partial charge on any atom is -0.378 e. The monoisotopic (exact) mass is 126 g/mol. The molecule has 0 amide bonds. The van der Waals surface area contributed by atoms with Gasteiger partial charge in [0.2, 0.25) is 0 Å². The maximum Gasteiger partial charge on any atom is 0.0749 e. The van der Waals surface area contributed by atoms with Crippen molar-refractivity contribution < 1.29 is 4.74 Å². The van der Waals surface area contributed by atoms with Crippen molar-refractivity contribution in [2.45, 2.75) is 20.8 Å². The van der Waals surface area contributed by atoms with Crippen molar-refractivity contribution in [2.75, 3.05) is 13.2 Å². The Hall–Kier alpha value is -0.480. The number of ether oxygens (including phenoxy) is 1. The normalized spacial score (nSPS) is 20.2. The highest BCUT2D eigenvalue weighted by Crippen LogP contribution is 2.24. The third-order valence-corrected chi connectivity index (χ3v) is 1.19. The fraction of sp³-hybridized carbons (Fsp3) is 0.750. The van der Waals surface area contributed by atoms with Gasteiger partial charge in [-0.3, -0.25) is 0 Å². The molecule has 1 saturated heterocycles. The van der Waals surface area contributed by atoms with Crippen LogP contribution in [-0.2, 0) is 4.74 Å². The van der Waals surface area contributed by atoms with E-state index in [1.165, 1.54) is 0 Å². The van der Waals surface area contributed by atoms with Crippen LogP contribution in [0.25, 0.3) is 0 Å². The summed E-state index contributed by atoms with van der Waals surface area (Å²) in [4.78, 5) is 0. The van der Waals surface area contributed by atoms with Crippen LogP contribution in [-0.4, -0.2) is 13.2 Å². The molecule has 1 fully saturated rings. The van der Waals surface area contributed by atoms with Crippen LogP contribution in [0, 0.1) is 17.8 Å². The first-order valence-corrected chi connectivity index (χ1v) is 3.32. The molecule has 0 N–H and O–H groups in total. The van der Waals surface area contributed by atoms with E-state index >= 15 is 0 Å². The lowest BCUT2D eigenvalue weighted by molar-refractivity contribution is -0.0647. The van der Waals surface area contributed by atoms with Gasteiger partial charge in [-0.15, -0.1) is 6.42 Å². The van der Waals surface area contributed by atoms with Crippen molar-refractivity contribution in [3.63, 3.8) is 0 Å². The maximum absolute atomic E-state index is 5.14. The van der Waals surface area contributed by atoms with Crippen LogP contribution < -0.4 is 0 Å². The minimum absolute atomic E-state index is 0.0694. The molecule has 0 spiro atoms. The predicted octanol–water partition coefficient (Wildman–Crippen LogP) is 1.68. The van der Waals surface area contributed by atoms with Gasteiger partial charge in [-0.1, -0.05) is 19.8 Å². The van der Waals surface area contributed by atoms with E-state index in [0.29, 0.717) is 0 Å². The minimum atomic E-state index is 0.0694. The molecule has 0 aromatic rings. The molecule has 0 atom stereocenters. The van der Waals surface area contributed by atoms with E-state index in [-0.39, 0.29) is 5.41 Å². The van der Waals surface area contributed by atoms with Gasteiger partial charge >= 0.3 is 0 Å². The van der Waals surface area contributed by atoms with Gasteiger partial charge in [0.1, 0.15) is 0 Å².